The number of rotatable bonds is 6. The Morgan fingerprint density at radius 3 is 2.52 bits per heavy atom. The lowest BCUT2D eigenvalue weighted by atomic mass is 10.0. The summed E-state index contributed by atoms with van der Waals surface area (Å²) in [6.45, 7) is 0.297. The number of nitrogens with zero attached hydrogens (tertiary/aromatic N) is 1. The lowest BCUT2D eigenvalue weighted by molar-refractivity contribution is 0.0643. The van der Waals surface area contributed by atoms with E-state index in [1.807, 2.05) is 11.4 Å². The second kappa shape index (κ2) is 6.64. The van der Waals surface area contributed by atoms with E-state index in [1.165, 1.54) is 16.2 Å². The van der Waals surface area contributed by atoms with Crippen LogP contribution in [0.1, 0.15) is 38.4 Å². The first-order valence-corrected chi connectivity index (χ1v) is 8.56. The minimum atomic E-state index is -0.482. The Labute approximate surface area is 139 Å². The van der Waals surface area contributed by atoms with Gasteiger partial charge >= 0.3 is 0 Å². The average Bonchev–Trinajstić information content (AvgIpc) is 3.28. The molecular weight excluding hydrogens is 310 g/mol. The molecule has 1 aliphatic rings. The second-order valence-electron chi connectivity index (χ2n) is 5.94. The normalized spacial score (nSPS) is 15.2. The Morgan fingerprint density at radius 1 is 1.22 bits per heavy atom. The highest BCUT2D eigenvalue weighted by Gasteiger charge is 2.31. The summed E-state index contributed by atoms with van der Waals surface area (Å²) in [5, 5.41) is 11.9. The molecule has 0 radical (unpaired) electrons. The molecule has 1 heterocycles. The van der Waals surface area contributed by atoms with Gasteiger partial charge in [-0.25, -0.2) is 0 Å². The highest BCUT2D eigenvalue weighted by molar-refractivity contribution is 7.12. The summed E-state index contributed by atoms with van der Waals surface area (Å²) in [7, 11) is 1.67. The van der Waals surface area contributed by atoms with E-state index >= 15 is 0 Å². The zero-order valence-electron chi connectivity index (χ0n) is 12.9. The molecule has 0 saturated heterocycles. The Bertz CT molecular complexity index is 707. The number of carbonyl (C=O) groups excluding carboxylic acids is 2. The van der Waals surface area contributed by atoms with Crippen molar-refractivity contribution in [2.75, 3.05) is 13.6 Å². The lowest BCUT2D eigenvalue weighted by Gasteiger charge is -2.21. The van der Waals surface area contributed by atoms with Gasteiger partial charge in [0.15, 0.2) is 0 Å². The van der Waals surface area contributed by atoms with Crippen LogP contribution in [-0.2, 0) is 0 Å². The van der Waals surface area contributed by atoms with E-state index in [9.17, 15) is 14.7 Å². The number of thiophene rings is 1. The van der Waals surface area contributed by atoms with Crippen molar-refractivity contribution in [3.05, 3.63) is 57.8 Å². The van der Waals surface area contributed by atoms with E-state index in [0.717, 1.165) is 12.8 Å². The van der Waals surface area contributed by atoms with E-state index < -0.39 is 6.10 Å². The van der Waals surface area contributed by atoms with E-state index in [0.29, 0.717) is 28.5 Å². The van der Waals surface area contributed by atoms with Crippen molar-refractivity contribution in [1.82, 2.24) is 4.90 Å². The number of ketones is 1. The quantitative estimate of drug-likeness (QED) is 0.829. The van der Waals surface area contributed by atoms with E-state index in [4.69, 9.17) is 0 Å². The van der Waals surface area contributed by atoms with Crippen LogP contribution in [0.3, 0.4) is 0 Å². The largest absolute Gasteiger partial charge is 0.391 e. The topological polar surface area (TPSA) is 57.6 Å². The van der Waals surface area contributed by atoms with Gasteiger partial charge in [0.25, 0.3) is 5.91 Å². The minimum absolute atomic E-state index is 0.139. The first kappa shape index (κ1) is 15.9. The minimum Gasteiger partial charge on any atom is -0.391 e. The van der Waals surface area contributed by atoms with Crippen molar-refractivity contribution in [2.45, 2.75) is 18.9 Å². The highest BCUT2D eigenvalue weighted by atomic mass is 32.1. The first-order chi connectivity index (χ1) is 11.1. The van der Waals surface area contributed by atoms with E-state index in [-0.39, 0.29) is 11.7 Å². The summed E-state index contributed by atoms with van der Waals surface area (Å²) in [4.78, 5) is 27.4. The van der Waals surface area contributed by atoms with Crippen molar-refractivity contribution in [3.63, 3.8) is 0 Å². The third-order valence-corrected chi connectivity index (χ3v) is 4.99. The van der Waals surface area contributed by atoms with Gasteiger partial charge in [-0.1, -0.05) is 24.3 Å². The Balaban J connectivity index is 1.81. The van der Waals surface area contributed by atoms with E-state index in [2.05, 4.69) is 0 Å². The highest BCUT2D eigenvalue weighted by Crippen LogP contribution is 2.33. The smallest absolute Gasteiger partial charge is 0.254 e. The van der Waals surface area contributed by atoms with Crippen molar-refractivity contribution in [2.24, 2.45) is 5.92 Å². The zero-order valence-corrected chi connectivity index (χ0v) is 13.8. The first-order valence-electron chi connectivity index (χ1n) is 7.68. The predicted molar refractivity (Wildman–Crippen MR) is 89.9 cm³/mol. The fourth-order valence-corrected chi connectivity index (χ4v) is 3.29. The lowest BCUT2D eigenvalue weighted by Crippen LogP contribution is -2.36. The summed E-state index contributed by atoms with van der Waals surface area (Å²) in [5.74, 6) is -0.0569. The molecule has 1 amide bonds. The number of carbonyl (C=O) groups is 2. The van der Waals surface area contributed by atoms with Gasteiger partial charge in [0, 0.05) is 19.2 Å². The van der Waals surface area contributed by atoms with Crippen LogP contribution >= 0.6 is 11.3 Å². The standard InChI is InChI=1S/C18H19NO3S/c1-19(11-15(20)12-8-9-12)18(22)14-6-3-2-5-13(14)17(21)16-7-4-10-23-16/h2-7,10,12,15,20H,8-9,11H2,1H3. The molecule has 23 heavy (non-hydrogen) atoms. The molecule has 1 atom stereocenters. The van der Waals surface area contributed by atoms with Crippen LogP contribution in [0.15, 0.2) is 41.8 Å². The molecule has 0 bridgehead atoms. The molecule has 1 aromatic carbocycles. The number of likely N-dealkylation sites (N-methyl/N-ethyl adjacent to an activating group) is 1. The molecule has 1 fully saturated rings. The van der Waals surface area contributed by atoms with Gasteiger partial charge in [0.1, 0.15) is 0 Å². The van der Waals surface area contributed by atoms with Gasteiger partial charge in [0.2, 0.25) is 5.78 Å². The number of aliphatic hydroxyl groups excluding tert-OH is 1. The maximum absolute atomic E-state index is 12.7. The number of benzene rings is 1. The van der Waals surface area contributed by atoms with Crippen LogP contribution in [-0.4, -0.2) is 41.4 Å². The van der Waals surface area contributed by atoms with Gasteiger partial charge in [-0.05, 0) is 36.3 Å². The fourth-order valence-electron chi connectivity index (χ4n) is 2.61. The van der Waals surface area contributed by atoms with Crippen LogP contribution in [0.4, 0.5) is 0 Å². The zero-order chi connectivity index (χ0) is 16.4. The van der Waals surface area contributed by atoms with Crippen molar-refractivity contribution in [3.8, 4) is 0 Å². The molecule has 1 aromatic heterocycles. The predicted octanol–water partition coefficient (Wildman–Crippen LogP) is 2.82. The van der Waals surface area contributed by atoms with E-state index in [1.54, 1.807) is 37.4 Å². The van der Waals surface area contributed by atoms with Crippen LogP contribution in [0.25, 0.3) is 0 Å². The average molecular weight is 329 g/mol. The summed E-state index contributed by atoms with van der Waals surface area (Å²) < 4.78 is 0. The molecule has 0 spiro atoms. The van der Waals surface area contributed by atoms with Crippen LogP contribution < -0.4 is 0 Å². The summed E-state index contributed by atoms with van der Waals surface area (Å²) in [5.41, 5.74) is 0.795. The number of amides is 1. The summed E-state index contributed by atoms with van der Waals surface area (Å²) in [6.07, 6.45) is 1.57. The number of hydrogen-bond acceptors (Lipinski definition) is 4. The molecule has 1 aliphatic carbocycles. The molecule has 3 rings (SSSR count). The molecule has 1 unspecified atom stereocenters. The summed E-state index contributed by atoms with van der Waals surface area (Å²) in [6, 6.07) is 10.4. The number of hydrogen-bond donors (Lipinski definition) is 1. The van der Waals surface area contributed by atoms with Crippen LogP contribution in [0.2, 0.25) is 0 Å². The monoisotopic (exact) mass is 329 g/mol. The summed E-state index contributed by atoms with van der Waals surface area (Å²) >= 11 is 1.36. The molecule has 1 saturated carbocycles. The molecule has 120 valence electrons. The Morgan fingerprint density at radius 2 is 1.91 bits per heavy atom. The van der Waals surface area contributed by atoms with Crippen molar-refractivity contribution < 1.29 is 14.7 Å². The maximum Gasteiger partial charge on any atom is 0.254 e. The molecule has 0 aliphatic heterocycles. The van der Waals surface area contributed by atoms with Gasteiger partial charge < -0.3 is 10.0 Å². The van der Waals surface area contributed by atoms with Gasteiger partial charge in [-0.15, -0.1) is 11.3 Å². The van der Waals surface area contributed by atoms with Gasteiger partial charge in [-0.2, -0.15) is 0 Å². The SMILES string of the molecule is CN(CC(O)C1CC1)C(=O)c1ccccc1C(=O)c1cccs1. The molecule has 5 heteroatoms. The fraction of sp³-hybridized carbons (Fsp3) is 0.333. The van der Waals surface area contributed by atoms with Crippen molar-refractivity contribution in [1.29, 1.82) is 0 Å². The van der Waals surface area contributed by atoms with Gasteiger partial charge in [0.05, 0.1) is 16.5 Å². The van der Waals surface area contributed by atoms with Crippen LogP contribution in [0, 0.1) is 5.92 Å². The molecule has 1 N–H and O–H groups in total. The van der Waals surface area contributed by atoms with Gasteiger partial charge in [-0.3, -0.25) is 9.59 Å². The molecule has 2 aromatic rings. The third-order valence-electron chi connectivity index (χ3n) is 4.12. The number of aliphatic hydroxyl groups is 1. The Hall–Kier alpha value is -1.98. The third kappa shape index (κ3) is 3.51. The Kier molecular flexibility index (Phi) is 4.59. The van der Waals surface area contributed by atoms with Crippen LogP contribution in [0.5, 0.6) is 0 Å². The molecular formula is C18H19NO3S. The molecule has 4 nitrogen and oxygen atoms in total. The van der Waals surface area contributed by atoms with Crippen molar-refractivity contribution >= 4 is 23.0 Å². The second-order valence-corrected chi connectivity index (χ2v) is 6.89. The maximum atomic E-state index is 12.7.